The third kappa shape index (κ3) is 7.98. The number of aryl methyl sites for hydroxylation is 1. The lowest BCUT2D eigenvalue weighted by Gasteiger charge is -2.33. The van der Waals surface area contributed by atoms with Crippen molar-refractivity contribution in [1.29, 1.82) is 0 Å². The third-order valence-electron chi connectivity index (χ3n) is 6.15. The summed E-state index contributed by atoms with van der Waals surface area (Å²) in [7, 11) is -2.38. The molecule has 9 heteroatoms. The van der Waals surface area contributed by atoms with E-state index in [1.165, 1.54) is 12.0 Å². The minimum atomic E-state index is -3.83. The number of hydrogen-bond donors (Lipinski definition) is 1. The Morgan fingerprint density at radius 3 is 2.28 bits per heavy atom. The molecule has 0 fully saturated rings. The first-order valence-electron chi connectivity index (χ1n) is 12.3. The number of nitrogens with zero attached hydrogens (tertiary/aromatic N) is 2. The molecule has 8 nitrogen and oxygen atoms in total. The molecular weight excluding hydrogens is 478 g/mol. The molecule has 2 aromatic rings. The summed E-state index contributed by atoms with van der Waals surface area (Å²) in [4.78, 5) is 28.4. The van der Waals surface area contributed by atoms with Gasteiger partial charge in [0.05, 0.1) is 19.1 Å². The van der Waals surface area contributed by atoms with Crippen molar-refractivity contribution in [3.63, 3.8) is 0 Å². The summed E-state index contributed by atoms with van der Waals surface area (Å²) in [6.07, 6.45) is 2.75. The molecule has 2 unspecified atom stereocenters. The Labute approximate surface area is 215 Å². The van der Waals surface area contributed by atoms with E-state index in [0.29, 0.717) is 18.6 Å². The zero-order valence-electron chi connectivity index (χ0n) is 22.2. The normalized spacial score (nSPS) is 12.9. The van der Waals surface area contributed by atoms with E-state index in [9.17, 15) is 18.0 Å². The summed E-state index contributed by atoms with van der Waals surface area (Å²) >= 11 is 0. The van der Waals surface area contributed by atoms with E-state index >= 15 is 0 Å². The van der Waals surface area contributed by atoms with Gasteiger partial charge in [0.2, 0.25) is 21.8 Å². The first-order valence-corrected chi connectivity index (χ1v) is 14.1. The summed E-state index contributed by atoms with van der Waals surface area (Å²) < 4.78 is 32.1. The van der Waals surface area contributed by atoms with Gasteiger partial charge in [0.1, 0.15) is 18.3 Å². The number of benzene rings is 2. The Morgan fingerprint density at radius 1 is 1.06 bits per heavy atom. The van der Waals surface area contributed by atoms with Gasteiger partial charge in [-0.05, 0) is 56.4 Å². The molecule has 2 rings (SSSR count). The highest BCUT2D eigenvalue weighted by Crippen LogP contribution is 2.31. The fourth-order valence-corrected chi connectivity index (χ4v) is 4.77. The van der Waals surface area contributed by atoms with Gasteiger partial charge in [-0.25, -0.2) is 8.42 Å². The minimum Gasteiger partial charge on any atom is -0.495 e. The molecule has 36 heavy (non-hydrogen) atoms. The van der Waals surface area contributed by atoms with Gasteiger partial charge in [0, 0.05) is 12.6 Å². The van der Waals surface area contributed by atoms with E-state index in [-0.39, 0.29) is 24.2 Å². The van der Waals surface area contributed by atoms with Crippen LogP contribution >= 0.6 is 0 Å². The van der Waals surface area contributed by atoms with Crippen molar-refractivity contribution in [2.45, 2.75) is 59.0 Å². The molecule has 2 atom stereocenters. The van der Waals surface area contributed by atoms with Crippen LogP contribution in [0, 0.1) is 6.92 Å². The number of carbonyl (C=O) groups is 2. The lowest BCUT2D eigenvalue weighted by molar-refractivity contribution is -0.139. The highest BCUT2D eigenvalue weighted by atomic mass is 32.2. The van der Waals surface area contributed by atoms with Gasteiger partial charge in [0.15, 0.2) is 0 Å². The van der Waals surface area contributed by atoms with Crippen molar-refractivity contribution in [3.8, 4) is 5.75 Å². The molecular formula is C27H39N3O5S. The Balaban J connectivity index is 2.43. The fraction of sp³-hybridized carbons (Fsp3) is 0.481. The van der Waals surface area contributed by atoms with Gasteiger partial charge in [-0.3, -0.25) is 13.9 Å². The Bertz CT molecular complexity index is 1120. The standard InChI is InChI=1S/C27H39N3O5S/c1-7-21(4)28-27(32)23(8-2)29(17-16-22-12-10-9-11-13-22)26(31)19-30(36(6,33)34)24-18-20(3)14-15-25(24)35-5/h9-15,18,21,23H,7-8,16-17,19H2,1-6H3,(H,28,32). The summed E-state index contributed by atoms with van der Waals surface area (Å²) in [6.45, 7) is 7.41. The molecule has 0 radical (unpaired) electrons. The molecule has 0 aliphatic heterocycles. The maximum absolute atomic E-state index is 13.7. The number of hydrogen-bond acceptors (Lipinski definition) is 5. The minimum absolute atomic E-state index is 0.0401. The summed E-state index contributed by atoms with van der Waals surface area (Å²) in [5.74, 6) is -0.352. The van der Waals surface area contributed by atoms with Gasteiger partial charge in [-0.15, -0.1) is 0 Å². The van der Waals surface area contributed by atoms with Crippen molar-refractivity contribution < 1.29 is 22.7 Å². The van der Waals surface area contributed by atoms with Crippen LogP contribution < -0.4 is 14.4 Å². The lowest BCUT2D eigenvalue weighted by atomic mass is 10.1. The predicted molar refractivity (Wildman–Crippen MR) is 144 cm³/mol. The van der Waals surface area contributed by atoms with Crippen molar-refractivity contribution >= 4 is 27.5 Å². The first-order chi connectivity index (χ1) is 17.0. The van der Waals surface area contributed by atoms with Crippen LogP contribution in [0.15, 0.2) is 48.5 Å². The molecule has 0 bridgehead atoms. The van der Waals surface area contributed by atoms with Crippen molar-refractivity contribution in [2.75, 3.05) is 30.8 Å². The van der Waals surface area contributed by atoms with E-state index in [4.69, 9.17) is 4.74 Å². The molecule has 0 saturated carbocycles. The molecule has 198 valence electrons. The van der Waals surface area contributed by atoms with Crippen LogP contribution in [0.2, 0.25) is 0 Å². The van der Waals surface area contributed by atoms with Crippen molar-refractivity contribution in [2.24, 2.45) is 0 Å². The Hall–Kier alpha value is -3.07. The molecule has 2 amide bonds. The SMILES string of the molecule is CCC(C)NC(=O)C(CC)N(CCc1ccccc1)C(=O)CN(c1cc(C)ccc1OC)S(C)(=O)=O. The van der Waals surface area contributed by atoms with Crippen molar-refractivity contribution in [1.82, 2.24) is 10.2 Å². The number of rotatable bonds is 13. The molecule has 0 aliphatic carbocycles. The highest BCUT2D eigenvalue weighted by Gasteiger charge is 2.32. The van der Waals surface area contributed by atoms with Gasteiger partial charge < -0.3 is 15.0 Å². The van der Waals surface area contributed by atoms with Crippen LogP contribution in [0.1, 0.15) is 44.7 Å². The lowest BCUT2D eigenvalue weighted by Crippen LogP contribution is -2.54. The third-order valence-corrected chi connectivity index (χ3v) is 7.28. The number of ether oxygens (including phenoxy) is 1. The van der Waals surface area contributed by atoms with Crippen LogP contribution in [0.5, 0.6) is 5.75 Å². The van der Waals surface area contributed by atoms with Crippen molar-refractivity contribution in [3.05, 3.63) is 59.7 Å². The van der Waals surface area contributed by atoms with E-state index in [0.717, 1.165) is 28.1 Å². The number of anilines is 1. The number of methoxy groups -OCH3 is 1. The molecule has 0 spiro atoms. The van der Waals surface area contributed by atoms with Crippen LogP contribution in [-0.2, 0) is 26.0 Å². The summed E-state index contributed by atoms with van der Waals surface area (Å²) in [5.41, 5.74) is 2.13. The first kappa shape index (κ1) is 29.2. The monoisotopic (exact) mass is 517 g/mol. The molecule has 0 aliphatic rings. The largest absolute Gasteiger partial charge is 0.495 e. The second-order valence-corrected chi connectivity index (χ2v) is 10.9. The van der Waals surface area contributed by atoms with Gasteiger partial charge >= 0.3 is 0 Å². The Kier molecular flexibility index (Phi) is 10.8. The average Bonchev–Trinajstić information content (AvgIpc) is 2.84. The molecule has 0 saturated heterocycles. The van der Waals surface area contributed by atoms with Crippen LogP contribution in [0.3, 0.4) is 0 Å². The predicted octanol–water partition coefficient (Wildman–Crippen LogP) is 3.53. The zero-order valence-corrected chi connectivity index (χ0v) is 23.0. The number of sulfonamides is 1. The molecule has 0 aromatic heterocycles. The Morgan fingerprint density at radius 2 is 1.72 bits per heavy atom. The smallest absolute Gasteiger partial charge is 0.244 e. The number of nitrogens with one attached hydrogen (secondary N) is 1. The zero-order chi connectivity index (χ0) is 26.9. The molecule has 0 heterocycles. The van der Waals surface area contributed by atoms with E-state index in [1.54, 1.807) is 12.1 Å². The highest BCUT2D eigenvalue weighted by molar-refractivity contribution is 7.92. The second-order valence-electron chi connectivity index (χ2n) is 9.01. The van der Waals surface area contributed by atoms with E-state index in [2.05, 4.69) is 5.32 Å². The number of amides is 2. The van der Waals surface area contributed by atoms with Crippen LogP contribution in [0.25, 0.3) is 0 Å². The van der Waals surface area contributed by atoms with Crippen LogP contribution in [0.4, 0.5) is 5.69 Å². The van der Waals surface area contributed by atoms with Gasteiger partial charge in [0.25, 0.3) is 0 Å². The quantitative estimate of drug-likeness (QED) is 0.439. The summed E-state index contributed by atoms with van der Waals surface area (Å²) in [5, 5.41) is 2.97. The molecule has 1 N–H and O–H groups in total. The maximum Gasteiger partial charge on any atom is 0.244 e. The second kappa shape index (κ2) is 13.3. The molecule has 2 aromatic carbocycles. The van der Waals surface area contributed by atoms with Crippen LogP contribution in [-0.4, -0.2) is 63.7 Å². The maximum atomic E-state index is 13.7. The van der Waals surface area contributed by atoms with E-state index < -0.39 is 28.5 Å². The van der Waals surface area contributed by atoms with E-state index in [1.807, 2.05) is 64.1 Å². The number of carbonyl (C=O) groups excluding carboxylic acids is 2. The summed E-state index contributed by atoms with van der Waals surface area (Å²) in [6, 6.07) is 14.1. The topological polar surface area (TPSA) is 96.0 Å². The fourth-order valence-electron chi connectivity index (χ4n) is 3.93. The average molecular weight is 518 g/mol. The van der Waals surface area contributed by atoms with Gasteiger partial charge in [-0.1, -0.05) is 50.2 Å². The van der Waals surface area contributed by atoms with Gasteiger partial charge in [-0.2, -0.15) is 0 Å².